The lowest BCUT2D eigenvalue weighted by molar-refractivity contribution is -0.123. The summed E-state index contributed by atoms with van der Waals surface area (Å²) in [6.45, 7) is 1.74. The van der Waals surface area contributed by atoms with E-state index in [1.807, 2.05) is 30.3 Å². The SMILES string of the molecule is Cc1ccc(C(=O)N[C@@H](Cc2ccccc2)C(=O)NC2CC2)c(=O)[nH]1. The molecule has 1 fully saturated rings. The fourth-order valence-corrected chi connectivity index (χ4v) is 2.58. The Hall–Kier alpha value is -2.89. The summed E-state index contributed by atoms with van der Waals surface area (Å²) in [5.41, 5.74) is 1.16. The van der Waals surface area contributed by atoms with Crippen LogP contribution in [0.2, 0.25) is 0 Å². The van der Waals surface area contributed by atoms with Gasteiger partial charge in [-0.15, -0.1) is 0 Å². The first-order chi connectivity index (χ1) is 12.0. The molecule has 1 aliphatic carbocycles. The van der Waals surface area contributed by atoms with Gasteiger partial charge in [-0.3, -0.25) is 14.4 Å². The first kappa shape index (κ1) is 17.0. The lowest BCUT2D eigenvalue weighted by Crippen LogP contribution is -2.49. The van der Waals surface area contributed by atoms with Crippen LogP contribution in [0, 0.1) is 6.92 Å². The standard InChI is InChI=1S/C19H21N3O3/c1-12-7-10-15(17(23)20-12)18(24)22-16(19(25)21-14-8-9-14)11-13-5-3-2-4-6-13/h2-7,10,14,16H,8-9,11H2,1H3,(H,20,23)(H,21,25)(H,22,24)/t16-/m0/s1. The second-order valence-electron chi connectivity index (χ2n) is 6.38. The number of H-pyrrole nitrogens is 1. The number of pyridine rings is 1. The fraction of sp³-hybridized carbons (Fsp3) is 0.316. The minimum atomic E-state index is -0.726. The van der Waals surface area contributed by atoms with Crippen LogP contribution >= 0.6 is 0 Å². The molecular weight excluding hydrogens is 318 g/mol. The summed E-state index contributed by atoms with van der Waals surface area (Å²) in [5, 5.41) is 5.62. The molecule has 6 nitrogen and oxygen atoms in total. The number of carbonyl (C=O) groups excluding carboxylic acids is 2. The van der Waals surface area contributed by atoms with Gasteiger partial charge in [0.05, 0.1) is 0 Å². The van der Waals surface area contributed by atoms with Gasteiger partial charge in [0.2, 0.25) is 5.91 Å². The molecule has 0 bridgehead atoms. The molecule has 1 saturated carbocycles. The van der Waals surface area contributed by atoms with Gasteiger partial charge in [0.1, 0.15) is 11.6 Å². The molecule has 0 radical (unpaired) electrons. The Morgan fingerprint density at radius 2 is 1.88 bits per heavy atom. The number of carbonyl (C=O) groups is 2. The zero-order valence-corrected chi connectivity index (χ0v) is 14.0. The summed E-state index contributed by atoms with van der Waals surface area (Å²) in [6, 6.07) is 12.1. The van der Waals surface area contributed by atoms with E-state index in [4.69, 9.17) is 0 Å². The summed E-state index contributed by atoms with van der Waals surface area (Å²) in [7, 11) is 0. The zero-order chi connectivity index (χ0) is 17.8. The maximum absolute atomic E-state index is 12.5. The quantitative estimate of drug-likeness (QED) is 0.741. The predicted octanol–water partition coefficient (Wildman–Crippen LogP) is 1.30. The van der Waals surface area contributed by atoms with E-state index in [1.54, 1.807) is 13.0 Å². The van der Waals surface area contributed by atoms with E-state index in [0.29, 0.717) is 12.1 Å². The van der Waals surface area contributed by atoms with Crippen molar-refractivity contribution in [3.8, 4) is 0 Å². The number of rotatable bonds is 6. The van der Waals surface area contributed by atoms with E-state index in [1.165, 1.54) is 6.07 Å². The number of aromatic amines is 1. The molecule has 1 aromatic carbocycles. The third-order valence-corrected chi connectivity index (χ3v) is 4.13. The first-order valence-electron chi connectivity index (χ1n) is 8.38. The highest BCUT2D eigenvalue weighted by molar-refractivity contribution is 5.97. The van der Waals surface area contributed by atoms with E-state index in [0.717, 1.165) is 18.4 Å². The maximum atomic E-state index is 12.5. The second-order valence-corrected chi connectivity index (χ2v) is 6.38. The summed E-state index contributed by atoms with van der Waals surface area (Å²) in [4.78, 5) is 39.5. The molecule has 1 aromatic heterocycles. The van der Waals surface area contributed by atoms with Crippen molar-refractivity contribution in [3.63, 3.8) is 0 Å². The summed E-state index contributed by atoms with van der Waals surface area (Å²) < 4.78 is 0. The molecule has 1 heterocycles. The average Bonchev–Trinajstić information content (AvgIpc) is 3.39. The van der Waals surface area contributed by atoms with Crippen molar-refractivity contribution in [1.29, 1.82) is 0 Å². The Morgan fingerprint density at radius 1 is 1.16 bits per heavy atom. The highest BCUT2D eigenvalue weighted by Crippen LogP contribution is 2.19. The van der Waals surface area contributed by atoms with Crippen molar-refractivity contribution >= 4 is 11.8 Å². The van der Waals surface area contributed by atoms with Gasteiger partial charge in [-0.2, -0.15) is 0 Å². The Labute approximate surface area is 145 Å². The number of nitrogens with one attached hydrogen (secondary N) is 3. The fourth-order valence-electron chi connectivity index (χ4n) is 2.58. The van der Waals surface area contributed by atoms with Crippen molar-refractivity contribution in [2.24, 2.45) is 0 Å². The summed E-state index contributed by atoms with van der Waals surface area (Å²) in [6.07, 6.45) is 2.31. The Balaban J connectivity index is 1.76. The van der Waals surface area contributed by atoms with Gasteiger partial charge in [-0.1, -0.05) is 30.3 Å². The lowest BCUT2D eigenvalue weighted by Gasteiger charge is -2.18. The number of hydrogen-bond acceptors (Lipinski definition) is 3. The largest absolute Gasteiger partial charge is 0.352 e. The number of benzene rings is 1. The minimum Gasteiger partial charge on any atom is -0.352 e. The van der Waals surface area contributed by atoms with Crippen LogP contribution in [-0.2, 0) is 11.2 Å². The summed E-state index contributed by atoms with van der Waals surface area (Å²) in [5.74, 6) is -0.767. The molecule has 1 atom stereocenters. The molecule has 0 saturated heterocycles. The molecule has 130 valence electrons. The van der Waals surface area contributed by atoms with Crippen LogP contribution in [0.1, 0.15) is 34.5 Å². The smallest absolute Gasteiger partial charge is 0.260 e. The molecule has 3 rings (SSSR count). The molecule has 0 unspecified atom stereocenters. The molecule has 0 aliphatic heterocycles. The van der Waals surface area contributed by atoms with E-state index in [9.17, 15) is 14.4 Å². The highest BCUT2D eigenvalue weighted by atomic mass is 16.2. The highest BCUT2D eigenvalue weighted by Gasteiger charge is 2.29. The molecule has 1 aliphatic rings. The van der Waals surface area contributed by atoms with Crippen LogP contribution < -0.4 is 16.2 Å². The molecular formula is C19H21N3O3. The second kappa shape index (κ2) is 7.34. The molecule has 2 aromatic rings. The van der Waals surface area contributed by atoms with Gasteiger partial charge >= 0.3 is 0 Å². The average molecular weight is 339 g/mol. The minimum absolute atomic E-state index is 0.00267. The van der Waals surface area contributed by atoms with E-state index >= 15 is 0 Å². The van der Waals surface area contributed by atoms with E-state index in [2.05, 4.69) is 15.6 Å². The van der Waals surface area contributed by atoms with Crippen molar-refractivity contribution in [3.05, 3.63) is 69.6 Å². The Morgan fingerprint density at radius 3 is 2.52 bits per heavy atom. The zero-order valence-electron chi connectivity index (χ0n) is 14.0. The number of amides is 2. The van der Waals surface area contributed by atoms with Crippen LogP contribution in [-0.4, -0.2) is 28.9 Å². The van der Waals surface area contributed by atoms with Crippen LogP contribution in [0.15, 0.2) is 47.3 Å². The van der Waals surface area contributed by atoms with Crippen LogP contribution in [0.5, 0.6) is 0 Å². The molecule has 3 N–H and O–H groups in total. The van der Waals surface area contributed by atoms with Gasteiger partial charge < -0.3 is 15.6 Å². The normalized spacial score (nSPS) is 14.6. The van der Waals surface area contributed by atoms with E-state index in [-0.39, 0.29) is 17.5 Å². The Kier molecular flexibility index (Phi) is 4.97. The first-order valence-corrected chi connectivity index (χ1v) is 8.38. The molecule has 0 spiro atoms. The van der Waals surface area contributed by atoms with Crippen molar-refractivity contribution in [2.45, 2.75) is 38.3 Å². The Bertz CT molecular complexity index is 825. The van der Waals surface area contributed by atoms with Crippen LogP contribution in [0.3, 0.4) is 0 Å². The maximum Gasteiger partial charge on any atom is 0.260 e. The third-order valence-electron chi connectivity index (χ3n) is 4.13. The van der Waals surface area contributed by atoms with Crippen molar-refractivity contribution in [2.75, 3.05) is 0 Å². The molecule has 25 heavy (non-hydrogen) atoms. The number of aromatic nitrogens is 1. The topological polar surface area (TPSA) is 91.1 Å². The number of aryl methyl sites for hydroxylation is 1. The summed E-state index contributed by atoms with van der Waals surface area (Å²) >= 11 is 0. The van der Waals surface area contributed by atoms with Gasteiger partial charge in [-0.25, -0.2) is 0 Å². The van der Waals surface area contributed by atoms with Gasteiger partial charge in [0.15, 0.2) is 0 Å². The van der Waals surface area contributed by atoms with Crippen LogP contribution in [0.4, 0.5) is 0 Å². The van der Waals surface area contributed by atoms with Crippen molar-refractivity contribution in [1.82, 2.24) is 15.6 Å². The predicted molar refractivity (Wildman–Crippen MR) is 94.4 cm³/mol. The molecule has 6 heteroatoms. The van der Waals surface area contributed by atoms with Gasteiger partial charge in [0, 0.05) is 18.2 Å². The van der Waals surface area contributed by atoms with Gasteiger partial charge in [-0.05, 0) is 37.5 Å². The monoisotopic (exact) mass is 339 g/mol. The third kappa shape index (κ3) is 4.56. The van der Waals surface area contributed by atoms with Crippen LogP contribution in [0.25, 0.3) is 0 Å². The van der Waals surface area contributed by atoms with E-state index < -0.39 is 17.5 Å². The van der Waals surface area contributed by atoms with Crippen molar-refractivity contribution < 1.29 is 9.59 Å². The lowest BCUT2D eigenvalue weighted by atomic mass is 10.0. The molecule has 2 amide bonds. The van der Waals surface area contributed by atoms with Gasteiger partial charge in [0.25, 0.3) is 11.5 Å². The number of hydrogen-bond donors (Lipinski definition) is 3.